The van der Waals surface area contributed by atoms with Crippen LogP contribution in [0.1, 0.15) is 18.4 Å². The molecule has 1 saturated heterocycles. The topological polar surface area (TPSA) is 47.9 Å². The molecule has 5 nitrogen and oxygen atoms in total. The van der Waals surface area contributed by atoms with Crippen LogP contribution < -0.4 is 10.2 Å². The van der Waals surface area contributed by atoms with Gasteiger partial charge in [-0.25, -0.2) is 4.39 Å². The number of hydrogen-bond acceptors (Lipinski definition) is 4. The van der Waals surface area contributed by atoms with Gasteiger partial charge in [0.25, 0.3) is 0 Å². The Hall–Kier alpha value is -2.73. The van der Waals surface area contributed by atoms with Gasteiger partial charge in [0.1, 0.15) is 11.7 Å². The average Bonchev–Trinajstić information content (AvgIpc) is 3.03. The number of anilines is 2. The maximum absolute atomic E-state index is 14.1. The number of rotatable bonds is 4. The van der Waals surface area contributed by atoms with Gasteiger partial charge in [-0.15, -0.1) is 0 Å². The smallest absolute Gasteiger partial charge is 0.237 e. The fraction of sp³-hybridized carbons (Fsp3) is 0.333. The van der Waals surface area contributed by atoms with E-state index < -0.39 is 5.92 Å². The minimum atomic E-state index is -0.692. The van der Waals surface area contributed by atoms with Crippen LogP contribution in [0.25, 0.3) is 0 Å². The Morgan fingerprint density at radius 2 is 1.89 bits per heavy atom. The molecule has 6 heteroatoms. The van der Waals surface area contributed by atoms with E-state index in [-0.39, 0.29) is 11.7 Å². The van der Waals surface area contributed by atoms with E-state index in [2.05, 4.69) is 39.2 Å². The van der Waals surface area contributed by atoms with Gasteiger partial charge in [0, 0.05) is 49.3 Å². The summed E-state index contributed by atoms with van der Waals surface area (Å²) in [7, 11) is 0. The second kappa shape index (κ2) is 7.48. The third kappa shape index (κ3) is 3.57. The number of carbonyl (C=O) groups is 1. The standard InChI is InChI=1S/C21H23FN4O/c1-2-25-10-12-26(13-11-25)16-8-6-15(7-9-16)23-14-17-20-18(22)4-3-5-19(20)24-21(17)27/h3-9,14,17H,2,10-13H2,1H3,(H,24,27). The summed E-state index contributed by atoms with van der Waals surface area (Å²) >= 11 is 0. The molecule has 1 atom stereocenters. The number of aliphatic imine (C=N–C) groups is 1. The van der Waals surface area contributed by atoms with Crippen molar-refractivity contribution in [3.8, 4) is 0 Å². The number of carbonyl (C=O) groups excluding carboxylic acids is 1. The van der Waals surface area contributed by atoms with Crippen molar-refractivity contribution < 1.29 is 9.18 Å². The van der Waals surface area contributed by atoms with E-state index in [1.165, 1.54) is 18.0 Å². The van der Waals surface area contributed by atoms with E-state index in [0.717, 1.165) is 38.4 Å². The molecular weight excluding hydrogens is 343 g/mol. The Morgan fingerprint density at radius 1 is 1.15 bits per heavy atom. The van der Waals surface area contributed by atoms with Crippen molar-refractivity contribution in [1.82, 2.24) is 4.90 Å². The molecule has 140 valence electrons. The molecule has 27 heavy (non-hydrogen) atoms. The van der Waals surface area contributed by atoms with Crippen LogP contribution in [0, 0.1) is 5.82 Å². The summed E-state index contributed by atoms with van der Waals surface area (Å²) in [5, 5.41) is 2.70. The quantitative estimate of drug-likeness (QED) is 0.844. The van der Waals surface area contributed by atoms with Gasteiger partial charge in [-0.05, 0) is 42.9 Å². The van der Waals surface area contributed by atoms with E-state index in [0.29, 0.717) is 11.3 Å². The summed E-state index contributed by atoms with van der Waals surface area (Å²) in [5.74, 6) is -1.32. The predicted octanol–water partition coefficient (Wildman–Crippen LogP) is 3.41. The zero-order valence-corrected chi connectivity index (χ0v) is 15.4. The molecular formula is C21H23FN4O. The number of hydrogen-bond donors (Lipinski definition) is 1. The molecule has 2 aliphatic rings. The molecule has 2 aliphatic heterocycles. The zero-order valence-electron chi connectivity index (χ0n) is 15.4. The predicted molar refractivity (Wildman–Crippen MR) is 107 cm³/mol. The van der Waals surface area contributed by atoms with E-state index in [9.17, 15) is 9.18 Å². The summed E-state index contributed by atoms with van der Waals surface area (Å²) in [6.07, 6.45) is 1.53. The molecule has 1 unspecified atom stereocenters. The van der Waals surface area contributed by atoms with Gasteiger partial charge in [0.05, 0.1) is 5.69 Å². The minimum absolute atomic E-state index is 0.246. The van der Waals surface area contributed by atoms with Crippen molar-refractivity contribution >= 4 is 29.2 Å². The van der Waals surface area contributed by atoms with Crippen LogP contribution >= 0.6 is 0 Å². The Morgan fingerprint density at radius 3 is 2.59 bits per heavy atom. The maximum atomic E-state index is 14.1. The molecule has 0 aliphatic carbocycles. The van der Waals surface area contributed by atoms with Crippen LogP contribution in [-0.2, 0) is 4.79 Å². The molecule has 0 radical (unpaired) electrons. The van der Waals surface area contributed by atoms with Crippen LogP contribution in [0.15, 0.2) is 47.5 Å². The first-order chi connectivity index (χ1) is 13.2. The second-order valence-electron chi connectivity index (χ2n) is 6.88. The lowest BCUT2D eigenvalue weighted by atomic mass is 10.0. The molecule has 1 fully saturated rings. The normalized spacial score (nSPS) is 20.1. The summed E-state index contributed by atoms with van der Waals surface area (Å²) in [6, 6.07) is 12.6. The SMILES string of the molecule is CCN1CCN(c2ccc(N=CC3C(=O)Nc4cccc(F)c43)cc2)CC1. The van der Waals surface area contributed by atoms with Gasteiger partial charge in [0.2, 0.25) is 5.91 Å². The second-order valence-corrected chi connectivity index (χ2v) is 6.88. The zero-order chi connectivity index (χ0) is 18.8. The van der Waals surface area contributed by atoms with E-state index in [1.807, 2.05) is 12.1 Å². The van der Waals surface area contributed by atoms with Crippen LogP contribution in [0.2, 0.25) is 0 Å². The first-order valence-electron chi connectivity index (χ1n) is 9.36. The number of likely N-dealkylation sites (N-methyl/N-ethyl adjacent to an activating group) is 1. The lowest BCUT2D eigenvalue weighted by molar-refractivity contribution is -0.115. The molecule has 0 spiro atoms. The molecule has 0 bridgehead atoms. The molecule has 2 aromatic rings. The summed E-state index contributed by atoms with van der Waals surface area (Å²) in [6.45, 7) is 7.50. The van der Waals surface area contributed by atoms with Gasteiger partial charge in [0.15, 0.2) is 0 Å². The third-order valence-corrected chi connectivity index (χ3v) is 5.31. The highest BCUT2D eigenvalue weighted by atomic mass is 19.1. The lowest BCUT2D eigenvalue weighted by Crippen LogP contribution is -2.46. The number of fused-ring (bicyclic) bond motifs is 1. The molecule has 1 amide bonds. The van der Waals surface area contributed by atoms with Crippen molar-refractivity contribution in [3.63, 3.8) is 0 Å². The lowest BCUT2D eigenvalue weighted by Gasteiger charge is -2.35. The Labute approximate surface area is 158 Å². The molecule has 2 aromatic carbocycles. The van der Waals surface area contributed by atoms with Crippen molar-refractivity contribution in [1.29, 1.82) is 0 Å². The van der Waals surface area contributed by atoms with Crippen molar-refractivity contribution in [2.45, 2.75) is 12.8 Å². The third-order valence-electron chi connectivity index (χ3n) is 5.31. The summed E-state index contributed by atoms with van der Waals surface area (Å²) in [5.41, 5.74) is 2.83. The highest BCUT2D eigenvalue weighted by Gasteiger charge is 2.31. The van der Waals surface area contributed by atoms with Crippen LogP contribution in [0.3, 0.4) is 0 Å². The first-order valence-corrected chi connectivity index (χ1v) is 9.36. The van der Waals surface area contributed by atoms with E-state index >= 15 is 0 Å². The highest BCUT2D eigenvalue weighted by Crippen LogP contribution is 2.34. The fourth-order valence-corrected chi connectivity index (χ4v) is 3.68. The number of benzene rings is 2. The van der Waals surface area contributed by atoms with Gasteiger partial charge in [-0.3, -0.25) is 9.79 Å². The number of nitrogens with zero attached hydrogens (tertiary/aromatic N) is 3. The van der Waals surface area contributed by atoms with Gasteiger partial charge in [-0.2, -0.15) is 0 Å². The molecule has 1 N–H and O–H groups in total. The fourth-order valence-electron chi connectivity index (χ4n) is 3.68. The monoisotopic (exact) mass is 366 g/mol. The largest absolute Gasteiger partial charge is 0.369 e. The summed E-state index contributed by atoms with van der Waals surface area (Å²) in [4.78, 5) is 21.4. The molecule has 0 saturated carbocycles. The number of amides is 1. The Balaban J connectivity index is 1.46. The molecule has 4 rings (SSSR count). The van der Waals surface area contributed by atoms with Crippen LogP contribution in [-0.4, -0.2) is 49.7 Å². The van der Waals surface area contributed by atoms with Gasteiger partial charge < -0.3 is 15.1 Å². The Kier molecular flexibility index (Phi) is 4.90. The van der Waals surface area contributed by atoms with Gasteiger partial charge >= 0.3 is 0 Å². The average molecular weight is 366 g/mol. The van der Waals surface area contributed by atoms with E-state index in [4.69, 9.17) is 0 Å². The van der Waals surface area contributed by atoms with Gasteiger partial charge in [-0.1, -0.05) is 13.0 Å². The maximum Gasteiger partial charge on any atom is 0.237 e. The van der Waals surface area contributed by atoms with Crippen molar-refractivity contribution in [2.75, 3.05) is 42.9 Å². The number of halogens is 1. The molecule has 2 heterocycles. The van der Waals surface area contributed by atoms with Crippen LogP contribution in [0.4, 0.5) is 21.5 Å². The molecule has 0 aromatic heterocycles. The van der Waals surface area contributed by atoms with Crippen LogP contribution in [0.5, 0.6) is 0 Å². The summed E-state index contributed by atoms with van der Waals surface area (Å²) < 4.78 is 14.1. The number of nitrogens with one attached hydrogen (secondary N) is 1. The number of piperazine rings is 1. The minimum Gasteiger partial charge on any atom is -0.369 e. The first kappa shape index (κ1) is 17.7. The van der Waals surface area contributed by atoms with Crippen molar-refractivity contribution in [2.24, 2.45) is 4.99 Å². The van der Waals surface area contributed by atoms with E-state index in [1.54, 1.807) is 12.1 Å². The highest BCUT2D eigenvalue weighted by molar-refractivity contribution is 6.12. The van der Waals surface area contributed by atoms with Crippen molar-refractivity contribution in [3.05, 3.63) is 53.8 Å². The Bertz CT molecular complexity index is 857.